The Morgan fingerprint density at radius 3 is 2.45 bits per heavy atom. The lowest BCUT2D eigenvalue weighted by atomic mass is 9.96. The van der Waals surface area contributed by atoms with Crippen molar-refractivity contribution in [1.82, 2.24) is 5.32 Å². The van der Waals surface area contributed by atoms with Crippen molar-refractivity contribution >= 4 is 33.5 Å². The van der Waals surface area contributed by atoms with Crippen molar-refractivity contribution in [2.45, 2.75) is 43.5 Å². The molecular weight excluding hydrogens is 412 g/mol. The smallest absolute Gasteiger partial charge is 0.306 e. The number of nitrogens with zero attached hydrogens (tertiary/aromatic N) is 1. The highest BCUT2D eigenvalue weighted by atomic mass is 35.5. The summed E-state index contributed by atoms with van der Waals surface area (Å²) in [6.45, 7) is 3.03. The second kappa shape index (κ2) is 10.6. The number of carbonyl (C=O) groups excluding carboxylic acids is 2. The summed E-state index contributed by atoms with van der Waals surface area (Å²) >= 11 is 6.12. The number of fused-ring (bicyclic) bond motifs is 2. The maximum atomic E-state index is 13.1. The predicted molar refractivity (Wildman–Crippen MR) is 112 cm³/mol. The molecule has 1 aliphatic heterocycles. The molecule has 29 heavy (non-hydrogen) atoms. The van der Waals surface area contributed by atoms with Crippen molar-refractivity contribution < 1.29 is 18.0 Å². The first kappa shape index (κ1) is 23.1. The zero-order valence-corrected chi connectivity index (χ0v) is 18.1. The number of benzene rings is 2. The molecule has 2 aromatic carbocycles. The maximum absolute atomic E-state index is 13.1. The van der Waals surface area contributed by atoms with Crippen LogP contribution in [0.1, 0.15) is 49.8 Å². The summed E-state index contributed by atoms with van der Waals surface area (Å²) < 4.78 is 27.6. The van der Waals surface area contributed by atoms with Gasteiger partial charge in [-0.15, -0.1) is 0 Å². The second-order valence-corrected chi connectivity index (χ2v) is 9.12. The van der Waals surface area contributed by atoms with Gasteiger partial charge in [-0.2, -0.15) is 9.59 Å². The molecule has 8 heteroatoms. The van der Waals surface area contributed by atoms with Crippen molar-refractivity contribution in [3.63, 3.8) is 0 Å². The number of rotatable bonds is 6. The quantitative estimate of drug-likeness (QED) is 0.687. The predicted octanol–water partition coefficient (Wildman–Crippen LogP) is 4.15. The molecule has 1 heterocycles. The first-order valence-corrected chi connectivity index (χ1v) is 11.3. The van der Waals surface area contributed by atoms with E-state index >= 15 is 0 Å². The lowest BCUT2D eigenvalue weighted by Gasteiger charge is -2.22. The Morgan fingerprint density at radius 1 is 1.07 bits per heavy atom. The van der Waals surface area contributed by atoms with Crippen molar-refractivity contribution in [1.29, 1.82) is 0 Å². The number of nitrogens with one attached hydrogen (secondary N) is 1. The Kier molecular flexibility index (Phi) is 8.41. The molecule has 0 fully saturated rings. The second-order valence-electron chi connectivity index (χ2n) is 6.74. The summed E-state index contributed by atoms with van der Waals surface area (Å²) in [7, 11) is -2.06. The average Bonchev–Trinajstić information content (AvgIpc) is 2.77. The number of sulfonamides is 1. The van der Waals surface area contributed by atoms with Gasteiger partial charge < -0.3 is 5.32 Å². The van der Waals surface area contributed by atoms with E-state index in [4.69, 9.17) is 21.2 Å². The largest absolute Gasteiger partial charge is 0.373 e. The summed E-state index contributed by atoms with van der Waals surface area (Å²) in [6.07, 6.45) is 4.89. The van der Waals surface area contributed by atoms with Crippen LogP contribution in [-0.2, 0) is 19.6 Å². The van der Waals surface area contributed by atoms with Crippen LogP contribution >= 0.6 is 11.6 Å². The fourth-order valence-corrected chi connectivity index (χ4v) is 5.17. The summed E-state index contributed by atoms with van der Waals surface area (Å²) in [5.74, 6) is 0. The average molecular weight is 437 g/mol. The van der Waals surface area contributed by atoms with Gasteiger partial charge in [-0.1, -0.05) is 62.1 Å². The van der Waals surface area contributed by atoms with Crippen molar-refractivity contribution in [3.05, 3.63) is 58.6 Å². The molecule has 0 aromatic heterocycles. The van der Waals surface area contributed by atoms with Crippen LogP contribution in [0.25, 0.3) is 0 Å². The van der Waals surface area contributed by atoms with E-state index in [0.717, 1.165) is 24.1 Å². The third-order valence-corrected chi connectivity index (χ3v) is 6.95. The molecule has 0 saturated heterocycles. The van der Waals surface area contributed by atoms with Crippen LogP contribution in [0, 0.1) is 0 Å². The Hall–Kier alpha value is -2.18. The number of hydrogen-bond donors (Lipinski definition) is 1. The van der Waals surface area contributed by atoms with Crippen molar-refractivity contribution in [2.24, 2.45) is 0 Å². The lowest BCUT2D eigenvalue weighted by Crippen LogP contribution is -2.26. The third kappa shape index (κ3) is 5.25. The molecule has 1 unspecified atom stereocenters. The molecule has 0 bridgehead atoms. The van der Waals surface area contributed by atoms with Gasteiger partial charge in [0.2, 0.25) is 0 Å². The normalized spacial score (nSPS) is 16.5. The molecule has 1 N–H and O–H groups in total. The Balaban J connectivity index is 0.000000941. The number of unbranched alkanes of at least 4 members (excludes halogenated alkanes) is 3. The van der Waals surface area contributed by atoms with Crippen LogP contribution in [0.5, 0.6) is 0 Å². The van der Waals surface area contributed by atoms with E-state index in [2.05, 4.69) is 12.2 Å². The molecule has 6 nitrogen and oxygen atoms in total. The van der Waals surface area contributed by atoms with E-state index in [1.54, 1.807) is 19.2 Å². The number of anilines is 1. The standard InChI is InChI=1S/C20H25ClN2O2S.CO2/c1-3-4-5-8-13-22-20-16-9-6-7-10-18(16)23(2)26(24,25)19-14-15(21)11-12-17(19)20;2-1-3/h6-7,9-12,14,20,22H,3-5,8,13H2,1-2H3;. The van der Waals surface area contributed by atoms with Crippen LogP contribution in [0.15, 0.2) is 47.4 Å². The lowest BCUT2D eigenvalue weighted by molar-refractivity contribution is -0.191. The fraction of sp³-hybridized carbons (Fsp3) is 0.381. The van der Waals surface area contributed by atoms with E-state index in [-0.39, 0.29) is 17.1 Å². The monoisotopic (exact) mass is 436 g/mol. The fourth-order valence-electron chi connectivity index (χ4n) is 3.45. The van der Waals surface area contributed by atoms with Crippen molar-refractivity contribution in [3.8, 4) is 0 Å². The van der Waals surface area contributed by atoms with Crippen LogP contribution in [0.2, 0.25) is 5.02 Å². The summed E-state index contributed by atoms with van der Waals surface area (Å²) in [4.78, 5) is 16.5. The van der Waals surface area contributed by atoms with Gasteiger partial charge in [-0.25, -0.2) is 8.42 Å². The SMILES string of the molecule is CCCCCCNC1c2ccccc2N(C)S(=O)(=O)c2cc(Cl)ccc21.O=C=O. The Morgan fingerprint density at radius 2 is 1.76 bits per heavy atom. The number of halogens is 1. The van der Waals surface area contributed by atoms with Crippen molar-refractivity contribution in [2.75, 3.05) is 17.9 Å². The summed E-state index contributed by atoms with van der Waals surface area (Å²) in [6, 6.07) is 12.6. The molecule has 0 radical (unpaired) electrons. The third-order valence-electron chi connectivity index (χ3n) is 4.89. The van der Waals surface area contributed by atoms with Crippen LogP contribution in [0.3, 0.4) is 0 Å². The zero-order chi connectivity index (χ0) is 21.4. The van der Waals surface area contributed by atoms with Crippen LogP contribution in [-0.4, -0.2) is 28.2 Å². The highest BCUT2D eigenvalue weighted by Crippen LogP contribution is 2.40. The van der Waals surface area contributed by atoms with E-state index < -0.39 is 10.0 Å². The molecule has 2 aromatic rings. The molecule has 0 aliphatic carbocycles. The summed E-state index contributed by atoms with van der Waals surface area (Å²) in [5, 5.41) is 4.00. The van der Waals surface area contributed by atoms with Gasteiger partial charge in [-0.3, -0.25) is 4.31 Å². The molecule has 1 aliphatic rings. The van der Waals surface area contributed by atoms with Gasteiger partial charge in [0.05, 0.1) is 16.6 Å². The molecule has 0 saturated carbocycles. The van der Waals surface area contributed by atoms with E-state index in [1.165, 1.54) is 23.6 Å². The van der Waals surface area contributed by atoms with Gasteiger partial charge in [0.1, 0.15) is 0 Å². The highest BCUT2D eigenvalue weighted by molar-refractivity contribution is 7.92. The summed E-state index contributed by atoms with van der Waals surface area (Å²) in [5.41, 5.74) is 2.42. The maximum Gasteiger partial charge on any atom is 0.373 e. The van der Waals surface area contributed by atoms with Gasteiger partial charge in [0.15, 0.2) is 0 Å². The Bertz CT molecular complexity index is 972. The molecule has 0 spiro atoms. The minimum Gasteiger partial charge on any atom is -0.306 e. The molecule has 1 atom stereocenters. The molecule has 0 amide bonds. The molecule has 3 rings (SSSR count). The van der Waals surface area contributed by atoms with Gasteiger partial charge in [0, 0.05) is 12.1 Å². The number of para-hydroxylation sites is 1. The van der Waals surface area contributed by atoms with Gasteiger partial charge >= 0.3 is 6.15 Å². The molecular formula is C21H25ClN2O4S. The van der Waals surface area contributed by atoms with Crippen LogP contribution < -0.4 is 9.62 Å². The minimum absolute atomic E-state index is 0.181. The minimum atomic E-state index is -3.66. The first-order chi connectivity index (χ1) is 13.9. The molecule has 156 valence electrons. The van der Waals surface area contributed by atoms with Gasteiger partial charge in [0.25, 0.3) is 10.0 Å². The highest BCUT2D eigenvalue weighted by Gasteiger charge is 2.34. The number of hydrogen-bond acceptors (Lipinski definition) is 5. The topological polar surface area (TPSA) is 83.6 Å². The zero-order valence-electron chi connectivity index (χ0n) is 16.5. The van der Waals surface area contributed by atoms with E-state index in [9.17, 15) is 8.42 Å². The van der Waals surface area contributed by atoms with E-state index in [1.807, 2.05) is 30.3 Å². The van der Waals surface area contributed by atoms with Crippen LogP contribution in [0.4, 0.5) is 5.69 Å². The van der Waals surface area contributed by atoms with Gasteiger partial charge in [-0.05, 0) is 42.3 Å². The first-order valence-electron chi connectivity index (χ1n) is 9.48. The van der Waals surface area contributed by atoms with E-state index in [0.29, 0.717) is 10.7 Å². The Labute approximate surface area is 176 Å².